The van der Waals surface area contributed by atoms with Gasteiger partial charge in [0, 0.05) is 50.6 Å². The third kappa shape index (κ3) is 7.30. The van der Waals surface area contributed by atoms with Crippen molar-refractivity contribution in [3.63, 3.8) is 0 Å². The van der Waals surface area contributed by atoms with Crippen LogP contribution in [0.25, 0.3) is 0 Å². The Morgan fingerprint density at radius 2 is 1.98 bits per heavy atom. The normalized spacial score (nSPS) is 43.7. The maximum atomic E-state index is 13.1. The lowest BCUT2D eigenvalue weighted by atomic mass is 9.75. The van der Waals surface area contributed by atoms with Gasteiger partial charge in [-0.1, -0.05) is 0 Å². The lowest BCUT2D eigenvalue weighted by Gasteiger charge is -2.43. The first kappa shape index (κ1) is 30.6. The molecule has 0 radical (unpaired) electrons. The molecule has 0 aromatic rings. The number of nitrogens with zero attached hydrogens (tertiary/aromatic N) is 2. The van der Waals surface area contributed by atoms with Crippen LogP contribution in [0.3, 0.4) is 0 Å². The van der Waals surface area contributed by atoms with Gasteiger partial charge in [-0.25, -0.2) is 5.01 Å². The van der Waals surface area contributed by atoms with E-state index in [1.54, 1.807) is 0 Å². The SMILES string of the molecule is CC1NN(C2CCNC(NC3CCC(C4CSC5C(=O)CC(N6CCOCC6)OC54)CC3)N2)CC1C[NH+](C)CCO. The summed E-state index contributed by atoms with van der Waals surface area (Å²) < 4.78 is 12.2. The molecule has 9 unspecified atom stereocenters. The van der Waals surface area contributed by atoms with Crippen LogP contribution < -0.4 is 26.3 Å². The summed E-state index contributed by atoms with van der Waals surface area (Å²) in [6.45, 7) is 9.66. The lowest BCUT2D eigenvalue weighted by Crippen LogP contribution is -3.10. The molecule has 6 N–H and O–H groups in total. The van der Waals surface area contributed by atoms with E-state index in [-0.39, 0.29) is 30.5 Å². The Morgan fingerprint density at radius 1 is 1.17 bits per heavy atom. The first-order valence-corrected chi connectivity index (χ1v) is 17.4. The molecule has 9 atom stereocenters. The fourth-order valence-corrected chi connectivity index (χ4v) is 9.74. The number of carbonyl (C=O) groups excluding carboxylic acids is 1. The molecule has 1 aliphatic carbocycles. The van der Waals surface area contributed by atoms with E-state index in [9.17, 15) is 9.90 Å². The van der Waals surface area contributed by atoms with Crippen molar-refractivity contribution in [1.82, 2.24) is 31.3 Å². The third-order valence-electron chi connectivity index (χ3n) is 10.6. The molecule has 6 rings (SSSR count). The van der Waals surface area contributed by atoms with Crippen LogP contribution in [0.1, 0.15) is 45.4 Å². The molecule has 6 aliphatic rings. The topological polar surface area (TPSA) is 115 Å². The Bertz CT molecular complexity index is 861. The minimum absolute atomic E-state index is 0.0405. The molecule has 234 valence electrons. The molecule has 11 nitrogen and oxygen atoms in total. The molecular weight excluding hydrogens is 542 g/mol. The zero-order valence-corrected chi connectivity index (χ0v) is 25.9. The molecule has 6 fully saturated rings. The fraction of sp³-hybridized carbons (Fsp3) is 0.966. The summed E-state index contributed by atoms with van der Waals surface area (Å²) in [7, 11) is 2.18. The molecule has 5 saturated heterocycles. The van der Waals surface area contributed by atoms with Gasteiger partial charge in [0.05, 0.1) is 50.9 Å². The summed E-state index contributed by atoms with van der Waals surface area (Å²) >= 11 is 1.86. The average Bonchev–Trinajstić information content (AvgIpc) is 3.58. The van der Waals surface area contributed by atoms with Crippen LogP contribution in [0.15, 0.2) is 0 Å². The average molecular weight is 597 g/mol. The number of nitrogens with one attached hydrogen (secondary N) is 5. The number of ether oxygens (including phenoxy) is 2. The van der Waals surface area contributed by atoms with Crippen LogP contribution in [0.2, 0.25) is 0 Å². The number of rotatable bonds is 9. The Morgan fingerprint density at radius 3 is 2.76 bits per heavy atom. The van der Waals surface area contributed by atoms with Gasteiger partial charge in [0.25, 0.3) is 0 Å². The number of likely N-dealkylation sites (N-methyl/N-ethyl adjacent to an activating group) is 1. The third-order valence-corrected chi connectivity index (χ3v) is 12.1. The summed E-state index contributed by atoms with van der Waals surface area (Å²) in [5.41, 5.74) is 3.72. The number of hydrazine groups is 1. The van der Waals surface area contributed by atoms with Crippen molar-refractivity contribution in [2.45, 2.75) is 87.6 Å². The first-order valence-electron chi connectivity index (χ1n) is 16.3. The molecule has 12 heteroatoms. The van der Waals surface area contributed by atoms with Crippen LogP contribution in [-0.2, 0) is 14.3 Å². The largest absolute Gasteiger partial charge is 0.391 e. The maximum absolute atomic E-state index is 13.1. The Labute approximate surface area is 250 Å². The first-order chi connectivity index (χ1) is 20.0. The highest BCUT2D eigenvalue weighted by Gasteiger charge is 2.50. The zero-order chi connectivity index (χ0) is 28.3. The highest BCUT2D eigenvalue weighted by Crippen LogP contribution is 2.46. The van der Waals surface area contributed by atoms with Crippen molar-refractivity contribution in [2.75, 3.05) is 71.9 Å². The number of carbonyl (C=O) groups is 1. The van der Waals surface area contributed by atoms with E-state index in [0.717, 1.165) is 64.7 Å². The van der Waals surface area contributed by atoms with Crippen LogP contribution in [0.5, 0.6) is 0 Å². The molecule has 0 amide bonds. The molecule has 5 heterocycles. The fourth-order valence-electron chi connectivity index (χ4n) is 8.11. The second-order valence-electron chi connectivity index (χ2n) is 13.4. The number of ketones is 1. The number of hydrogen-bond acceptors (Lipinski definition) is 11. The number of aliphatic hydroxyl groups is 1. The quantitative estimate of drug-likeness (QED) is 0.185. The summed E-state index contributed by atoms with van der Waals surface area (Å²) in [6, 6.07) is 0.951. The molecule has 0 bridgehead atoms. The van der Waals surface area contributed by atoms with E-state index in [0.29, 0.717) is 48.2 Å². The van der Waals surface area contributed by atoms with E-state index >= 15 is 0 Å². The van der Waals surface area contributed by atoms with Crippen molar-refractivity contribution >= 4 is 17.5 Å². The van der Waals surface area contributed by atoms with Crippen LogP contribution in [-0.4, -0.2) is 135 Å². The Balaban J connectivity index is 0.960. The van der Waals surface area contributed by atoms with E-state index in [2.05, 4.69) is 45.3 Å². The van der Waals surface area contributed by atoms with Crippen molar-refractivity contribution in [1.29, 1.82) is 0 Å². The zero-order valence-electron chi connectivity index (χ0n) is 25.1. The van der Waals surface area contributed by atoms with E-state index in [1.807, 2.05) is 11.8 Å². The predicted octanol–water partition coefficient (Wildman–Crippen LogP) is -1.59. The van der Waals surface area contributed by atoms with Crippen molar-refractivity contribution < 1.29 is 24.3 Å². The highest BCUT2D eigenvalue weighted by molar-refractivity contribution is 8.01. The van der Waals surface area contributed by atoms with Gasteiger partial charge in [0.1, 0.15) is 19.1 Å². The molecular formula is C29H54N7O4S+. The minimum atomic E-state index is -0.0608. The van der Waals surface area contributed by atoms with Gasteiger partial charge < -0.3 is 19.5 Å². The number of quaternary nitrogens is 1. The summed E-state index contributed by atoms with van der Waals surface area (Å²) in [5.74, 6) is 3.18. The van der Waals surface area contributed by atoms with E-state index in [4.69, 9.17) is 9.47 Å². The molecule has 5 aliphatic heterocycles. The Kier molecular flexibility index (Phi) is 10.6. The second kappa shape index (κ2) is 14.2. The van der Waals surface area contributed by atoms with Crippen molar-refractivity contribution in [3.05, 3.63) is 0 Å². The number of morpholine rings is 1. The number of hydrogen-bond donors (Lipinski definition) is 6. The monoisotopic (exact) mass is 596 g/mol. The van der Waals surface area contributed by atoms with E-state index in [1.165, 1.54) is 30.6 Å². The second-order valence-corrected chi connectivity index (χ2v) is 14.6. The van der Waals surface area contributed by atoms with Crippen molar-refractivity contribution in [3.8, 4) is 0 Å². The lowest BCUT2D eigenvalue weighted by molar-refractivity contribution is -0.883. The minimum Gasteiger partial charge on any atom is -0.391 e. The number of aliphatic hydroxyl groups excluding tert-OH is 1. The number of thioether (sulfide) groups is 1. The van der Waals surface area contributed by atoms with Gasteiger partial charge in [0.2, 0.25) is 0 Å². The standard InChI is InChI=1S/C29H53N7O4S/c1-19-21(16-34(2)9-12-37)17-36(33-19)25-7-8-30-29(32-25)31-22-5-3-20(4-6-22)23-18-41-28-24(38)15-26(40-27(23)28)35-10-13-39-14-11-35/h19-23,25-33,37H,3-18H2,1-2H3/p+1. The van der Waals surface area contributed by atoms with E-state index < -0.39 is 0 Å². The summed E-state index contributed by atoms with van der Waals surface area (Å²) in [6.07, 6.45) is 6.82. The molecule has 0 spiro atoms. The smallest absolute Gasteiger partial charge is 0.152 e. The predicted molar refractivity (Wildman–Crippen MR) is 159 cm³/mol. The van der Waals surface area contributed by atoms with Crippen LogP contribution >= 0.6 is 11.8 Å². The van der Waals surface area contributed by atoms with Gasteiger partial charge >= 0.3 is 0 Å². The summed E-state index contributed by atoms with van der Waals surface area (Å²) in [5, 5.41) is 23.1. The van der Waals surface area contributed by atoms with Gasteiger partial charge in [-0.2, -0.15) is 0 Å². The van der Waals surface area contributed by atoms with Crippen LogP contribution in [0.4, 0.5) is 0 Å². The van der Waals surface area contributed by atoms with Gasteiger partial charge in [-0.3, -0.25) is 31.1 Å². The molecule has 0 aromatic heterocycles. The summed E-state index contributed by atoms with van der Waals surface area (Å²) in [4.78, 5) is 16.8. The number of Topliss-reactive ketones (excluding diaryl/α,β-unsaturated/α-hetero) is 1. The van der Waals surface area contributed by atoms with Gasteiger partial charge in [-0.05, 0) is 56.6 Å². The number of fused-ring (bicyclic) bond motifs is 1. The van der Waals surface area contributed by atoms with Gasteiger partial charge in [-0.15, -0.1) is 11.8 Å². The van der Waals surface area contributed by atoms with Crippen molar-refractivity contribution in [2.24, 2.45) is 17.8 Å². The maximum Gasteiger partial charge on any atom is 0.152 e. The molecule has 41 heavy (non-hydrogen) atoms. The van der Waals surface area contributed by atoms with Gasteiger partial charge in [0.15, 0.2) is 5.78 Å². The molecule has 0 aromatic carbocycles. The molecule has 1 saturated carbocycles. The highest BCUT2D eigenvalue weighted by atomic mass is 32.2. The Hall–Kier alpha value is -0.380. The van der Waals surface area contributed by atoms with Crippen LogP contribution in [0, 0.1) is 17.8 Å².